The molecule has 0 spiro atoms. The Labute approximate surface area is 148 Å². The van der Waals surface area contributed by atoms with Crippen molar-refractivity contribution < 1.29 is 4.79 Å². The Kier molecular flexibility index (Phi) is 5.29. The lowest BCUT2D eigenvalue weighted by Gasteiger charge is -2.09. The van der Waals surface area contributed by atoms with E-state index >= 15 is 0 Å². The predicted octanol–water partition coefficient (Wildman–Crippen LogP) is 3.98. The molecule has 0 aliphatic rings. The van der Waals surface area contributed by atoms with Gasteiger partial charge in [0.25, 0.3) is 5.91 Å². The lowest BCUT2D eigenvalue weighted by atomic mass is 10.0. The van der Waals surface area contributed by atoms with Crippen LogP contribution in [0, 0.1) is 0 Å². The lowest BCUT2D eigenvalue weighted by Crippen LogP contribution is -2.22. The highest BCUT2D eigenvalue weighted by Crippen LogP contribution is 2.14. The van der Waals surface area contributed by atoms with Gasteiger partial charge in [-0.1, -0.05) is 50.2 Å². The zero-order chi connectivity index (χ0) is 17.6. The summed E-state index contributed by atoms with van der Waals surface area (Å²) < 4.78 is 1.89. The molecule has 4 nitrogen and oxygen atoms in total. The van der Waals surface area contributed by atoms with E-state index in [0.29, 0.717) is 18.0 Å². The van der Waals surface area contributed by atoms with E-state index in [-0.39, 0.29) is 5.91 Å². The van der Waals surface area contributed by atoms with Crippen LogP contribution in [0.4, 0.5) is 0 Å². The van der Waals surface area contributed by atoms with Crippen LogP contribution in [0.25, 0.3) is 0 Å². The molecule has 0 saturated heterocycles. The highest BCUT2D eigenvalue weighted by atomic mass is 16.1. The first-order valence-electron chi connectivity index (χ1n) is 8.55. The zero-order valence-corrected chi connectivity index (χ0v) is 14.6. The summed E-state index contributed by atoms with van der Waals surface area (Å²) in [5, 5.41) is 7.18. The molecule has 1 amide bonds. The Balaban J connectivity index is 1.54. The highest BCUT2D eigenvalue weighted by molar-refractivity contribution is 5.94. The molecule has 3 rings (SSSR count). The number of hydrogen-bond acceptors (Lipinski definition) is 2. The maximum atomic E-state index is 12.3. The predicted molar refractivity (Wildman–Crippen MR) is 99.5 cm³/mol. The second-order valence-corrected chi connectivity index (χ2v) is 6.48. The van der Waals surface area contributed by atoms with Crippen molar-refractivity contribution in [3.05, 3.63) is 89.2 Å². The molecule has 0 aliphatic carbocycles. The van der Waals surface area contributed by atoms with E-state index in [4.69, 9.17) is 0 Å². The standard InChI is InChI=1S/C21H23N3O/c1-16(2)19-8-10-20(11-9-19)21(25)22-14-17-4-6-18(7-5-17)15-24-13-3-12-23-24/h3-13,16H,14-15H2,1-2H3,(H,22,25). The summed E-state index contributed by atoms with van der Waals surface area (Å²) in [6.07, 6.45) is 3.72. The van der Waals surface area contributed by atoms with Gasteiger partial charge in [0.05, 0.1) is 6.54 Å². The van der Waals surface area contributed by atoms with Gasteiger partial charge in [-0.3, -0.25) is 9.48 Å². The SMILES string of the molecule is CC(C)c1ccc(C(=O)NCc2ccc(Cn3cccn3)cc2)cc1. The lowest BCUT2D eigenvalue weighted by molar-refractivity contribution is 0.0951. The molecule has 1 aromatic heterocycles. The van der Waals surface area contributed by atoms with Crippen LogP contribution >= 0.6 is 0 Å². The van der Waals surface area contributed by atoms with Gasteiger partial charge in [0, 0.05) is 24.5 Å². The Morgan fingerprint density at radius 3 is 2.32 bits per heavy atom. The Hall–Kier alpha value is -2.88. The van der Waals surface area contributed by atoms with Crippen molar-refractivity contribution in [2.75, 3.05) is 0 Å². The number of nitrogens with one attached hydrogen (secondary N) is 1. The van der Waals surface area contributed by atoms with Crippen molar-refractivity contribution in [2.45, 2.75) is 32.9 Å². The van der Waals surface area contributed by atoms with Gasteiger partial charge in [-0.25, -0.2) is 0 Å². The minimum Gasteiger partial charge on any atom is -0.348 e. The first-order valence-corrected chi connectivity index (χ1v) is 8.55. The third-order valence-electron chi connectivity index (χ3n) is 4.22. The number of aromatic nitrogens is 2. The van der Waals surface area contributed by atoms with Gasteiger partial charge in [0.2, 0.25) is 0 Å². The second-order valence-electron chi connectivity index (χ2n) is 6.48. The molecule has 0 fully saturated rings. The summed E-state index contributed by atoms with van der Waals surface area (Å²) in [7, 11) is 0. The number of amides is 1. The fourth-order valence-corrected chi connectivity index (χ4v) is 2.65. The number of carbonyl (C=O) groups is 1. The fraction of sp³-hybridized carbons (Fsp3) is 0.238. The summed E-state index contributed by atoms with van der Waals surface area (Å²) in [6, 6.07) is 17.9. The van der Waals surface area contributed by atoms with Gasteiger partial charge >= 0.3 is 0 Å². The van der Waals surface area contributed by atoms with Crippen LogP contribution in [-0.2, 0) is 13.1 Å². The number of rotatable bonds is 6. The van der Waals surface area contributed by atoms with E-state index in [1.807, 2.05) is 53.3 Å². The molecule has 0 bridgehead atoms. The number of benzene rings is 2. The largest absolute Gasteiger partial charge is 0.348 e. The minimum atomic E-state index is -0.0454. The molecule has 2 aromatic carbocycles. The van der Waals surface area contributed by atoms with Crippen molar-refractivity contribution >= 4 is 5.91 Å². The molecular weight excluding hydrogens is 310 g/mol. The van der Waals surface area contributed by atoms with E-state index in [0.717, 1.165) is 12.1 Å². The van der Waals surface area contributed by atoms with Gasteiger partial charge in [-0.2, -0.15) is 5.10 Å². The van der Waals surface area contributed by atoms with E-state index in [1.54, 1.807) is 6.20 Å². The molecule has 0 unspecified atom stereocenters. The van der Waals surface area contributed by atoms with Gasteiger partial charge in [0.1, 0.15) is 0 Å². The summed E-state index contributed by atoms with van der Waals surface area (Å²) in [6.45, 7) is 5.56. The van der Waals surface area contributed by atoms with Crippen LogP contribution in [-0.4, -0.2) is 15.7 Å². The number of nitrogens with zero attached hydrogens (tertiary/aromatic N) is 2. The van der Waals surface area contributed by atoms with Crippen molar-refractivity contribution in [3.8, 4) is 0 Å². The van der Waals surface area contributed by atoms with Crippen LogP contribution in [0.2, 0.25) is 0 Å². The summed E-state index contributed by atoms with van der Waals surface area (Å²) in [4.78, 5) is 12.3. The molecule has 25 heavy (non-hydrogen) atoms. The normalized spacial score (nSPS) is 10.8. The van der Waals surface area contributed by atoms with E-state index < -0.39 is 0 Å². The van der Waals surface area contributed by atoms with Crippen LogP contribution in [0.3, 0.4) is 0 Å². The Bertz CT molecular complexity index is 803. The van der Waals surface area contributed by atoms with Crippen LogP contribution in [0.1, 0.15) is 46.8 Å². The van der Waals surface area contributed by atoms with Gasteiger partial charge in [-0.15, -0.1) is 0 Å². The molecular formula is C21H23N3O. The highest BCUT2D eigenvalue weighted by Gasteiger charge is 2.06. The third-order valence-corrected chi connectivity index (χ3v) is 4.22. The zero-order valence-electron chi connectivity index (χ0n) is 14.6. The topological polar surface area (TPSA) is 46.9 Å². The van der Waals surface area contributed by atoms with Crippen LogP contribution in [0.5, 0.6) is 0 Å². The average molecular weight is 333 g/mol. The smallest absolute Gasteiger partial charge is 0.251 e. The summed E-state index contributed by atoms with van der Waals surface area (Å²) in [5.41, 5.74) is 4.20. The number of carbonyl (C=O) groups excluding carboxylic acids is 1. The molecule has 0 atom stereocenters. The molecule has 1 heterocycles. The molecule has 128 valence electrons. The molecule has 1 N–H and O–H groups in total. The molecule has 0 radical (unpaired) electrons. The van der Waals surface area contributed by atoms with Gasteiger partial charge in [0.15, 0.2) is 0 Å². The average Bonchev–Trinajstić information content (AvgIpc) is 3.14. The molecule has 3 aromatic rings. The Morgan fingerprint density at radius 2 is 1.72 bits per heavy atom. The van der Waals surface area contributed by atoms with Crippen LogP contribution in [0.15, 0.2) is 67.0 Å². The molecule has 0 aliphatic heterocycles. The monoisotopic (exact) mass is 333 g/mol. The summed E-state index contributed by atoms with van der Waals surface area (Å²) in [5.74, 6) is 0.424. The third kappa shape index (κ3) is 4.57. The van der Waals surface area contributed by atoms with Crippen LogP contribution < -0.4 is 5.32 Å². The van der Waals surface area contributed by atoms with Crippen molar-refractivity contribution in [3.63, 3.8) is 0 Å². The Morgan fingerprint density at radius 1 is 1.04 bits per heavy atom. The first kappa shape index (κ1) is 17.0. The maximum absolute atomic E-state index is 12.3. The van der Waals surface area contributed by atoms with E-state index in [2.05, 4.69) is 36.4 Å². The molecule has 4 heteroatoms. The minimum absolute atomic E-state index is 0.0454. The van der Waals surface area contributed by atoms with E-state index in [1.165, 1.54) is 11.1 Å². The van der Waals surface area contributed by atoms with Gasteiger partial charge in [-0.05, 0) is 40.8 Å². The summed E-state index contributed by atoms with van der Waals surface area (Å²) >= 11 is 0. The number of hydrogen-bond donors (Lipinski definition) is 1. The van der Waals surface area contributed by atoms with Crippen molar-refractivity contribution in [1.82, 2.24) is 15.1 Å². The first-order chi connectivity index (χ1) is 12.1. The maximum Gasteiger partial charge on any atom is 0.251 e. The van der Waals surface area contributed by atoms with E-state index in [9.17, 15) is 4.79 Å². The quantitative estimate of drug-likeness (QED) is 0.741. The molecule has 0 saturated carbocycles. The van der Waals surface area contributed by atoms with Crippen molar-refractivity contribution in [1.29, 1.82) is 0 Å². The second kappa shape index (κ2) is 7.79. The van der Waals surface area contributed by atoms with Crippen molar-refractivity contribution in [2.24, 2.45) is 0 Å². The van der Waals surface area contributed by atoms with Gasteiger partial charge < -0.3 is 5.32 Å². The fourth-order valence-electron chi connectivity index (χ4n) is 2.65.